The summed E-state index contributed by atoms with van der Waals surface area (Å²) in [7, 11) is 1.86. The second kappa shape index (κ2) is 9.36. The van der Waals surface area contributed by atoms with Crippen molar-refractivity contribution in [3.05, 3.63) is 63.6 Å². The van der Waals surface area contributed by atoms with Crippen molar-refractivity contribution in [3.8, 4) is 11.4 Å². The molecule has 0 saturated carbocycles. The lowest BCUT2D eigenvalue weighted by molar-refractivity contribution is -0.118. The smallest absolute Gasteiger partial charge is 0.250 e. The van der Waals surface area contributed by atoms with Gasteiger partial charge in [-0.15, -0.1) is 10.2 Å². The van der Waals surface area contributed by atoms with Crippen LogP contribution in [0.1, 0.15) is 12.5 Å². The first-order valence-electron chi connectivity index (χ1n) is 8.31. The van der Waals surface area contributed by atoms with Crippen LogP contribution < -0.4 is 5.43 Å². The second-order valence-electron chi connectivity index (χ2n) is 5.90. The molecule has 9 heteroatoms. The molecule has 144 valence electrons. The van der Waals surface area contributed by atoms with Gasteiger partial charge in [-0.2, -0.15) is 5.10 Å². The standard InChI is InChI=1S/C19H17BrClN5OS/c1-12(13-3-7-15(20)8-4-13)22-23-17(27)11-28-19-25-24-18(26(19)2)14-5-9-16(21)10-6-14/h3-10H,11H2,1-2H3,(H,23,27). The monoisotopic (exact) mass is 477 g/mol. The van der Waals surface area contributed by atoms with Crippen molar-refractivity contribution < 1.29 is 4.79 Å². The number of carbonyl (C=O) groups excluding carboxylic acids is 1. The van der Waals surface area contributed by atoms with E-state index in [0.717, 1.165) is 21.3 Å². The molecule has 0 aliphatic heterocycles. The number of thioether (sulfide) groups is 1. The van der Waals surface area contributed by atoms with E-state index in [0.29, 0.717) is 16.0 Å². The zero-order valence-corrected chi connectivity index (χ0v) is 18.3. The lowest BCUT2D eigenvalue weighted by Crippen LogP contribution is -2.21. The number of carbonyl (C=O) groups is 1. The Bertz CT molecular complexity index is 1000. The third kappa shape index (κ3) is 5.21. The van der Waals surface area contributed by atoms with Crippen LogP contribution in [0.3, 0.4) is 0 Å². The van der Waals surface area contributed by atoms with E-state index in [-0.39, 0.29) is 11.7 Å². The molecule has 1 heterocycles. The summed E-state index contributed by atoms with van der Waals surface area (Å²) in [6.45, 7) is 1.84. The van der Waals surface area contributed by atoms with E-state index in [4.69, 9.17) is 11.6 Å². The highest BCUT2D eigenvalue weighted by atomic mass is 79.9. The van der Waals surface area contributed by atoms with Crippen LogP contribution in [0, 0.1) is 0 Å². The molecule has 6 nitrogen and oxygen atoms in total. The first-order chi connectivity index (χ1) is 13.4. The number of aromatic nitrogens is 3. The summed E-state index contributed by atoms with van der Waals surface area (Å²) >= 11 is 10.6. The van der Waals surface area contributed by atoms with E-state index in [1.54, 1.807) is 12.1 Å². The van der Waals surface area contributed by atoms with Crippen LogP contribution >= 0.6 is 39.3 Å². The molecule has 0 aliphatic carbocycles. The van der Waals surface area contributed by atoms with E-state index in [1.807, 2.05) is 54.9 Å². The number of amides is 1. The summed E-state index contributed by atoms with van der Waals surface area (Å²) in [6.07, 6.45) is 0. The number of nitrogens with zero attached hydrogens (tertiary/aromatic N) is 4. The largest absolute Gasteiger partial charge is 0.305 e. The number of nitrogens with one attached hydrogen (secondary N) is 1. The van der Waals surface area contributed by atoms with Gasteiger partial charge in [-0.1, -0.05) is 51.4 Å². The minimum atomic E-state index is -0.211. The Kier molecular flexibility index (Phi) is 6.88. The van der Waals surface area contributed by atoms with Crippen molar-refractivity contribution >= 4 is 50.9 Å². The lowest BCUT2D eigenvalue weighted by Gasteiger charge is -2.05. The van der Waals surface area contributed by atoms with Crippen molar-refractivity contribution in [1.82, 2.24) is 20.2 Å². The SMILES string of the molecule is CC(=NNC(=O)CSc1nnc(-c2ccc(Cl)cc2)n1C)c1ccc(Br)cc1. The van der Waals surface area contributed by atoms with Crippen molar-refractivity contribution in [2.24, 2.45) is 12.1 Å². The van der Waals surface area contributed by atoms with Gasteiger partial charge in [0.05, 0.1) is 11.5 Å². The van der Waals surface area contributed by atoms with Gasteiger partial charge in [0.25, 0.3) is 5.91 Å². The zero-order chi connectivity index (χ0) is 20.1. The molecule has 3 aromatic rings. The molecule has 28 heavy (non-hydrogen) atoms. The van der Waals surface area contributed by atoms with Gasteiger partial charge in [0.2, 0.25) is 0 Å². The Hall–Kier alpha value is -2.16. The number of hydrogen-bond acceptors (Lipinski definition) is 5. The van der Waals surface area contributed by atoms with Gasteiger partial charge in [0.15, 0.2) is 11.0 Å². The van der Waals surface area contributed by atoms with Crippen molar-refractivity contribution in [2.45, 2.75) is 12.1 Å². The molecule has 0 fully saturated rings. The van der Waals surface area contributed by atoms with Gasteiger partial charge in [0.1, 0.15) is 0 Å². The fourth-order valence-electron chi connectivity index (χ4n) is 2.36. The first-order valence-corrected chi connectivity index (χ1v) is 10.5. The Labute approximate surface area is 180 Å². The third-order valence-corrected chi connectivity index (χ3v) is 5.68. The van der Waals surface area contributed by atoms with Crippen LogP contribution in [-0.4, -0.2) is 32.1 Å². The summed E-state index contributed by atoms with van der Waals surface area (Å²) in [5.41, 5.74) is 5.15. The lowest BCUT2D eigenvalue weighted by atomic mass is 10.1. The molecule has 0 spiro atoms. The molecule has 0 unspecified atom stereocenters. The Morgan fingerprint density at radius 3 is 2.54 bits per heavy atom. The number of benzene rings is 2. The summed E-state index contributed by atoms with van der Waals surface area (Å²) in [5, 5.41) is 13.8. The maximum Gasteiger partial charge on any atom is 0.250 e. The predicted molar refractivity (Wildman–Crippen MR) is 117 cm³/mol. The number of halogens is 2. The van der Waals surface area contributed by atoms with Gasteiger partial charge in [-0.25, -0.2) is 5.43 Å². The Morgan fingerprint density at radius 1 is 1.18 bits per heavy atom. The average Bonchev–Trinajstić information content (AvgIpc) is 3.06. The predicted octanol–water partition coefficient (Wildman–Crippen LogP) is 4.53. The normalized spacial score (nSPS) is 11.5. The van der Waals surface area contributed by atoms with Crippen LogP contribution in [-0.2, 0) is 11.8 Å². The van der Waals surface area contributed by atoms with Crippen molar-refractivity contribution in [3.63, 3.8) is 0 Å². The minimum absolute atomic E-state index is 0.184. The molecule has 0 bridgehead atoms. The summed E-state index contributed by atoms with van der Waals surface area (Å²) in [6, 6.07) is 15.1. The number of hydrazone groups is 1. The minimum Gasteiger partial charge on any atom is -0.305 e. The van der Waals surface area contributed by atoms with Crippen LogP contribution in [0.15, 0.2) is 63.3 Å². The zero-order valence-electron chi connectivity index (χ0n) is 15.2. The maximum absolute atomic E-state index is 12.1. The molecule has 0 atom stereocenters. The molecule has 0 saturated heterocycles. The van der Waals surface area contributed by atoms with Gasteiger partial charge < -0.3 is 4.57 Å². The van der Waals surface area contributed by atoms with Gasteiger partial charge in [-0.3, -0.25) is 4.79 Å². The maximum atomic E-state index is 12.1. The van der Waals surface area contributed by atoms with E-state index in [9.17, 15) is 4.79 Å². The number of hydrogen-bond donors (Lipinski definition) is 1. The number of rotatable bonds is 6. The molecular weight excluding hydrogens is 462 g/mol. The Balaban J connectivity index is 1.58. The third-order valence-electron chi connectivity index (χ3n) is 3.88. The van der Waals surface area contributed by atoms with E-state index >= 15 is 0 Å². The topological polar surface area (TPSA) is 72.2 Å². The molecule has 1 aromatic heterocycles. The highest BCUT2D eigenvalue weighted by Crippen LogP contribution is 2.23. The average molecular weight is 479 g/mol. The summed E-state index contributed by atoms with van der Waals surface area (Å²) in [5.74, 6) is 0.685. The molecule has 0 radical (unpaired) electrons. The van der Waals surface area contributed by atoms with E-state index in [2.05, 4.69) is 36.7 Å². The van der Waals surface area contributed by atoms with Crippen LogP contribution in [0.2, 0.25) is 5.02 Å². The molecule has 1 amide bonds. The van der Waals surface area contributed by atoms with Crippen molar-refractivity contribution in [1.29, 1.82) is 0 Å². The van der Waals surface area contributed by atoms with Gasteiger partial charge in [-0.05, 0) is 48.9 Å². The quantitative estimate of drug-likeness (QED) is 0.321. The highest BCUT2D eigenvalue weighted by molar-refractivity contribution is 9.10. The molecule has 1 N–H and O–H groups in total. The van der Waals surface area contributed by atoms with Crippen LogP contribution in [0.4, 0.5) is 0 Å². The van der Waals surface area contributed by atoms with Crippen LogP contribution in [0.25, 0.3) is 11.4 Å². The summed E-state index contributed by atoms with van der Waals surface area (Å²) in [4.78, 5) is 12.1. The van der Waals surface area contributed by atoms with Gasteiger partial charge in [0, 0.05) is 22.1 Å². The highest BCUT2D eigenvalue weighted by Gasteiger charge is 2.13. The Morgan fingerprint density at radius 2 is 1.86 bits per heavy atom. The van der Waals surface area contributed by atoms with Crippen LogP contribution in [0.5, 0.6) is 0 Å². The second-order valence-corrected chi connectivity index (χ2v) is 8.19. The molecule has 0 aliphatic rings. The summed E-state index contributed by atoms with van der Waals surface area (Å²) < 4.78 is 2.84. The molecule has 3 rings (SSSR count). The molecular formula is C19H17BrClN5OS. The van der Waals surface area contributed by atoms with E-state index < -0.39 is 0 Å². The molecule has 2 aromatic carbocycles. The fourth-order valence-corrected chi connectivity index (χ4v) is 3.45. The first kappa shape index (κ1) is 20.6. The van der Waals surface area contributed by atoms with Crippen molar-refractivity contribution in [2.75, 3.05) is 5.75 Å². The van der Waals surface area contributed by atoms with Gasteiger partial charge >= 0.3 is 0 Å². The van der Waals surface area contributed by atoms with E-state index in [1.165, 1.54) is 11.8 Å². The fraction of sp³-hybridized carbons (Fsp3) is 0.158.